The van der Waals surface area contributed by atoms with Gasteiger partial charge in [0.25, 0.3) is 0 Å². The third-order valence-corrected chi connectivity index (χ3v) is 7.67. The van der Waals surface area contributed by atoms with E-state index in [0.717, 1.165) is 11.5 Å². The van der Waals surface area contributed by atoms with Gasteiger partial charge in [0.15, 0.2) is 6.20 Å². The second-order valence-corrected chi connectivity index (χ2v) is 9.70. The van der Waals surface area contributed by atoms with Gasteiger partial charge < -0.3 is 4.74 Å². The van der Waals surface area contributed by atoms with E-state index in [0.29, 0.717) is 5.92 Å². The van der Waals surface area contributed by atoms with Crippen LogP contribution < -0.4 is 9.30 Å². The molecule has 2 aliphatic rings. The molecule has 0 atom stereocenters. The lowest BCUT2D eigenvalue weighted by Gasteiger charge is -2.27. The Morgan fingerprint density at radius 2 is 1.68 bits per heavy atom. The lowest BCUT2D eigenvalue weighted by atomic mass is 9.82. The fourth-order valence-corrected chi connectivity index (χ4v) is 5.97. The minimum Gasteiger partial charge on any atom is -0.455 e. The number of hydrogen-bond acceptors (Lipinski definition) is 1. The molecule has 2 heterocycles. The van der Waals surface area contributed by atoms with Crippen LogP contribution in [0.2, 0.25) is 0 Å². The van der Waals surface area contributed by atoms with E-state index in [-0.39, 0.29) is 0 Å². The molecule has 0 radical (unpaired) electrons. The highest BCUT2D eigenvalue weighted by atomic mass is 16.5. The molecular formula is C29H30NO+. The minimum absolute atomic E-state index is 0.666. The van der Waals surface area contributed by atoms with Crippen LogP contribution in [0.5, 0.6) is 11.5 Å². The highest BCUT2D eigenvalue weighted by Crippen LogP contribution is 2.51. The predicted octanol–water partition coefficient (Wildman–Crippen LogP) is 7.56. The zero-order chi connectivity index (χ0) is 21.3. The standard InChI is InChI=1S/C29H30NO/c1-17-10-11-23-19(3)29-26(18(2)24(23)14-17)28-27-21(12-13-30(28)4)15-22(16-25(27)31-29)20-8-6-5-7-9-20/h10-16,20H,5-9H2,1-4H3/q+1. The van der Waals surface area contributed by atoms with Crippen molar-refractivity contribution >= 4 is 21.5 Å². The van der Waals surface area contributed by atoms with Gasteiger partial charge in [-0.05, 0) is 72.9 Å². The van der Waals surface area contributed by atoms with Crippen LogP contribution >= 0.6 is 0 Å². The van der Waals surface area contributed by atoms with Crippen molar-refractivity contribution < 1.29 is 9.30 Å². The Morgan fingerprint density at radius 1 is 0.871 bits per heavy atom. The first-order chi connectivity index (χ1) is 15.0. The molecule has 1 saturated carbocycles. The fourth-order valence-electron chi connectivity index (χ4n) is 5.97. The van der Waals surface area contributed by atoms with E-state index >= 15 is 0 Å². The number of pyridine rings is 1. The molecule has 1 fully saturated rings. The maximum Gasteiger partial charge on any atom is 0.228 e. The van der Waals surface area contributed by atoms with E-state index in [2.05, 4.69) is 75.0 Å². The van der Waals surface area contributed by atoms with E-state index in [9.17, 15) is 0 Å². The van der Waals surface area contributed by atoms with Crippen LogP contribution in [-0.4, -0.2) is 0 Å². The third-order valence-electron chi connectivity index (χ3n) is 7.67. The molecule has 2 nitrogen and oxygen atoms in total. The SMILES string of the molecule is Cc1ccc2c(C)c3c(c(C)c2c1)-c1c2c(cc(C4CCCCC4)cc2cc[n+]1C)O3. The van der Waals surface area contributed by atoms with E-state index < -0.39 is 0 Å². The van der Waals surface area contributed by atoms with Crippen LogP contribution in [0, 0.1) is 20.8 Å². The molecule has 31 heavy (non-hydrogen) atoms. The van der Waals surface area contributed by atoms with Crippen LogP contribution in [0.25, 0.3) is 32.8 Å². The molecule has 6 rings (SSSR count). The summed E-state index contributed by atoms with van der Waals surface area (Å²) in [5.74, 6) is 2.73. The summed E-state index contributed by atoms with van der Waals surface area (Å²) in [5, 5.41) is 5.19. The number of fused-ring (bicyclic) bond motifs is 3. The summed E-state index contributed by atoms with van der Waals surface area (Å²) < 4.78 is 9.05. The van der Waals surface area contributed by atoms with Crippen molar-refractivity contribution in [3.63, 3.8) is 0 Å². The number of benzene rings is 3. The number of rotatable bonds is 1. The maximum absolute atomic E-state index is 6.77. The van der Waals surface area contributed by atoms with Gasteiger partial charge in [0.1, 0.15) is 18.5 Å². The lowest BCUT2D eigenvalue weighted by molar-refractivity contribution is -0.659. The molecule has 0 saturated heterocycles. The molecule has 0 N–H and O–H groups in total. The molecule has 0 amide bonds. The quantitative estimate of drug-likeness (QED) is 0.261. The van der Waals surface area contributed by atoms with Gasteiger partial charge in [-0.2, -0.15) is 0 Å². The van der Waals surface area contributed by atoms with Crippen LogP contribution in [-0.2, 0) is 7.05 Å². The average Bonchev–Trinajstić information content (AvgIpc) is 2.79. The normalized spacial score (nSPS) is 15.9. The van der Waals surface area contributed by atoms with Crippen molar-refractivity contribution in [3.8, 4) is 22.8 Å². The Labute approximate surface area is 184 Å². The first-order valence-corrected chi connectivity index (χ1v) is 11.7. The summed E-state index contributed by atoms with van der Waals surface area (Å²) in [6.45, 7) is 6.64. The van der Waals surface area contributed by atoms with Crippen molar-refractivity contribution in [2.75, 3.05) is 0 Å². The monoisotopic (exact) mass is 408 g/mol. The lowest BCUT2D eigenvalue weighted by Crippen LogP contribution is -2.32. The van der Waals surface area contributed by atoms with Gasteiger partial charge in [-0.1, -0.05) is 49.1 Å². The Hall–Kier alpha value is -2.87. The van der Waals surface area contributed by atoms with E-state index in [1.54, 1.807) is 0 Å². The Bertz CT molecular complexity index is 1380. The second-order valence-electron chi connectivity index (χ2n) is 9.70. The Kier molecular flexibility index (Phi) is 4.15. The fraction of sp³-hybridized carbons (Fsp3) is 0.345. The summed E-state index contributed by atoms with van der Waals surface area (Å²) in [5.41, 5.74) is 7.84. The first-order valence-electron chi connectivity index (χ1n) is 11.7. The maximum atomic E-state index is 6.77. The molecule has 1 aromatic heterocycles. The number of ether oxygens (including phenoxy) is 1. The number of aryl methyl sites for hydroxylation is 4. The van der Waals surface area contributed by atoms with E-state index in [4.69, 9.17) is 4.74 Å². The summed E-state index contributed by atoms with van der Waals surface area (Å²) in [4.78, 5) is 0. The van der Waals surface area contributed by atoms with E-state index in [1.165, 1.54) is 87.2 Å². The van der Waals surface area contributed by atoms with Gasteiger partial charge in [-0.25, -0.2) is 4.57 Å². The van der Waals surface area contributed by atoms with Gasteiger partial charge in [0, 0.05) is 11.6 Å². The molecule has 156 valence electrons. The van der Waals surface area contributed by atoms with Crippen LogP contribution in [0.3, 0.4) is 0 Å². The van der Waals surface area contributed by atoms with Crippen LogP contribution in [0.15, 0.2) is 42.6 Å². The summed E-state index contributed by atoms with van der Waals surface area (Å²) in [7, 11) is 2.16. The van der Waals surface area contributed by atoms with Gasteiger partial charge in [-0.15, -0.1) is 0 Å². The van der Waals surface area contributed by atoms with Crippen molar-refractivity contribution in [3.05, 3.63) is 64.8 Å². The largest absolute Gasteiger partial charge is 0.455 e. The average molecular weight is 409 g/mol. The molecular weight excluding hydrogens is 378 g/mol. The predicted molar refractivity (Wildman–Crippen MR) is 128 cm³/mol. The van der Waals surface area contributed by atoms with Gasteiger partial charge in [0.05, 0.1) is 10.9 Å². The molecule has 2 heteroatoms. The van der Waals surface area contributed by atoms with Crippen molar-refractivity contribution in [1.82, 2.24) is 0 Å². The first kappa shape index (κ1) is 18.9. The van der Waals surface area contributed by atoms with Crippen LogP contribution in [0.1, 0.15) is 60.3 Å². The molecule has 4 aromatic rings. The van der Waals surface area contributed by atoms with E-state index in [1.807, 2.05) is 0 Å². The minimum atomic E-state index is 0.666. The molecule has 0 bridgehead atoms. The van der Waals surface area contributed by atoms with Crippen molar-refractivity contribution in [1.29, 1.82) is 0 Å². The van der Waals surface area contributed by atoms with Crippen molar-refractivity contribution in [2.24, 2.45) is 7.05 Å². The zero-order valence-electron chi connectivity index (χ0n) is 19.0. The number of nitrogens with zero attached hydrogens (tertiary/aromatic N) is 1. The zero-order valence-corrected chi connectivity index (χ0v) is 19.0. The van der Waals surface area contributed by atoms with Gasteiger partial charge in [-0.3, -0.25) is 0 Å². The molecule has 1 aliphatic heterocycles. The number of hydrogen-bond donors (Lipinski definition) is 0. The number of aromatic nitrogens is 1. The summed E-state index contributed by atoms with van der Waals surface area (Å²) in [6, 6.07) is 13.8. The molecule has 0 unspecified atom stereocenters. The highest BCUT2D eigenvalue weighted by molar-refractivity contribution is 6.06. The van der Waals surface area contributed by atoms with Gasteiger partial charge >= 0.3 is 0 Å². The topological polar surface area (TPSA) is 13.1 Å². The molecule has 1 aliphatic carbocycles. The molecule has 3 aromatic carbocycles. The Morgan fingerprint density at radius 3 is 2.48 bits per heavy atom. The van der Waals surface area contributed by atoms with Crippen molar-refractivity contribution in [2.45, 2.75) is 58.8 Å². The second kappa shape index (κ2) is 6.82. The summed E-state index contributed by atoms with van der Waals surface area (Å²) >= 11 is 0. The smallest absolute Gasteiger partial charge is 0.228 e. The highest BCUT2D eigenvalue weighted by Gasteiger charge is 2.32. The molecule has 0 spiro atoms. The Balaban J connectivity index is 1.68. The van der Waals surface area contributed by atoms with Gasteiger partial charge in [0.2, 0.25) is 5.69 Å². The third kappa shape index (κ3) is 2.74. The van der Waals surface area contributed by atoms with Crippen LogP contribution in [0.4, 0.5) is 0 Å². The summed E-state index contributed by atoms with van der Waals surface area (Å²) in [6.07, 6.45) is 8.90.